The number of hydrogen-bond donors (Lipinski definition) is 2. The minimum atomic E-state index is -0.0135. The Kier molecular flexibility index (Phi) is 4.00. The summed E-state index contributed by atoms with van der Waals surface area (Å²) in [4.78, 5) is 11.6. The molecule has 1 heterocycles. The molecule has 3 N–H and O–H groups in total. The molecule has 3 rings (SSSR count). The Morgan fingerprint density at radius 1 is 1.33 bits per heavy atom. The molecule has 1 saturated carbocycles. The highest BCUT2D eigenvalue weighted by atomic mass is 16.5. The number of carbonyl (C=O) groups is 1. The zero-order valence-corrected chi connectivity index (χ0v) is 12.7. The van der Waals surface area contributed by atoms with Crippen LogP contribution >= 0.6 is 0 Å². The largest absolute Gasteiger partial charge is 0.378 e. The lowest BCUT2D eigenvalue weighted by molar-refractivity contribution is -0.116. The molecule has 114 valence electrons. The molecule has 0 spiro atoms. The van der Waals surface area contributed by atoms with Gasteiger partial charge < -0.3 is 15.8 Å². The number of ether oxygens (including phenoxy) is 1. The number of nitrogens with two attached hydrogens (primary N) is 1. The maximum absolute atomic E-state index is 11.6. The van der Waals surface area contributed by atoms with Gasteiger partial charge in [0.25, 0.3) is 0 Å². The summed E-state index contributed by atoms with van der Waals surface area (Å²) in [5.74, 6) is 0.110. The zero-order valence-electron chi connectivity index (χ0n) is 12.7. The van der Waals surface area contributed by atoms with E-state index in [1.807, 2.05) is 12.1 Å². The Hall–Kier alpha value is -1.39. The van der Waals surface area contributed by atoms with Crippen LogP contribution in [0.25, 0.3) is 0 Å². The SMILES string of the molecule is COC1(CC(N)c2ccc3c(c2)CCCC(=O)N3)CCC1. The Balaban J connectivity index is 1.76. The van der Waals surface area contributed by atoms with Crippen LogP contribution in [0, 0.1) is 0 Å². The van der Waals surface area contributed by atoms with E-state index in [9.17, 15) is 4.79 Å². The summed E-state index contributed by atoms with van der Waals surface area (Å²) in [7, 11) is 1.79. The van der Waals surface area contributed by atoms with Crippen LogP contribution < -0.4 is 11.1 Å². The van der Waals surface area contributed by atoms with Crippen LogP contribution in [-0.2, 0) is 16.0 Å². The molecule has 1 unspecified atom stereocenters. The first-order valence-corrected chi connectivity index (χ1v) is 7.85. The maximum atomic E-state index is 11.6. The number of amides is 1. The minimum Gasteiger partial charge on any atom is -0.378 e. The fourth-order valence-corrected chi connectivity index (χ4v) is 3.41. The predicted molar refractivity (Wildman–Crippen MR) is 83.1 cm³/mol. The van der Waals surface area contributed by atoms with Gasteiger partial charge in [0.2, 0.25) is 5.91 Å². The summed E-state index contributed by atoms with van der Waals surface area (Å²) in [6.07, 6.45) is 6.76. The molecule has 1 amide bonds. The van der Waals surface area contributed by atoms with Gasteiger partial charge in [-0.2, -0.15) is 0 Å². The van der Waals surface area contributed by atoms with Gasteiger partial charge >= 0.3 is 0 Å². The molecule has 1 aliphatic carbocycles. The molecule has 1 atom stereocenters. The lowest BCUT2D eigenvalue weighted by atomic mass is 9.75. The monoisotopic (exact) mass is 288 g/mol. The Morgan fingerprint density at radius 3 is 2.81 bits per heavy atom. The molecule has 0 saturated heterocycles. The quantitative estimate of drug-likeness (QED) is 0.895. The highest BCUT2D eigenvalue weighted by Gasteiger charge is 2.38. The number of fused-ring (bicyclic) bond motifs is 1. The molecule has 21 heavy (non-hydrogen) atoms. The predicted octanol–water partition coefficient (Wildman–Crippen LogP) is 2.92. The second-order valence-corrected chi connectivity index (χ2v) is 6.37. The van der Waals surface area contributed by atoms with Crippen molar-refractivity contribution >= 4 is 11.6 Å². The third-order valence-electron chi connectivity index (χ3n) is 4.97. The van der Waals surface area contributed by atoms with Crippen LogP contribution in [0.15, 0.2) is 18.2 Å². The van der Waals surface area contributed by atoms with Crippen molar-refractivity contribution in [2.75, 3.05) is 12.4 Å². The van der Waals surface area contributed by atoms with E-state index in [0.29, 0.717) is 6.42 Å². The van der Waals surface area contributed by atoms with E-state index >= 15 is 0 Å². The maximum Gasteiger partial charge on any atom is 0.224 e. The summed E-state index contributed by atoms with van der Waals surface area (Å²) in [5, 5.41) is 2.97. The third kappa shape index (κ3) is 2.97. The summed E-state index contributed by atoms with van der Waals surface area (Å²) in [6.45, 7) is 0. The number of benzene rings is 1. The average Bonchev–Trinajstić information content (AvgIpc) is 2.62. The van der Waals surface area contributed by atoms with E-state index in [4.69, 9.17) is 10.5 Å². The van der Waals surface area contributed by atoms with Crippen LogP contribution in [0.1, 0.15) is 55.7 Å². The van der Waals surface area contributed by atoms with Crippen molar-refractivity contribution in [1.82, 2.24) is 0 Å². The van der Waals surface area contributed by atoms with Gasteiger partial charge in [-0.25, -0.2) is 0 Å². The molecular formula is C17H24N2O2. The first-order chi connectivity index (χ1) is 10.1. The summed E-state index contributed by atoms with van der Waals surface area (Å²) < 4.78 is 5.68. The first kappa shape index (κ1) is 14.5. The van der Waals surface area contributed by atoms with Crippen molar-refractivity contribution in [2.45, 2.75) is 56.6 Å². The van der Waals surface area contributed by atoms with Crippen molar-refractivity contribution < 1.29 is 9.53 Å². The van der Waals surface area contributed by atoms with E-state index in [0.717, 1.165) is 43.4 Å². The molecule has 1 aliphatic heterocycles. The van der Waals surface area contributed by atoms with E-state index in [1.54, 1.807) is 7.11 Å². The van der Waals surface area contributed by atoms with Crippen LogP contribution in [0.3, 0.4) is 0 Å². The van der Waals surface area contributed by atoms with Gasteiger partial charge in [0, 0.05) is 25.3 Å². The lowest BCUT2D eigenvalue weighted by Gasteiger charge is -2.42. The first-order valence-electron chi connectivity index (χ1n) is 7.85. The molecule has 0 bridgehead atoms. The molecule has 1 aromatic carbocycles. The topological polar surface area (TPSA) is 64.3 Å². The van der Waals surface area contributed by atoms with Crippen molar-refractivity contribution in [3.05, 3.63) is 29.3 Å². The number of carbonyl (C=O) groups excluding carboxylic acids is 1. The molecule has 4 nitrogen and oxygen atoms in total. The van der Waals surface area contributed by atoms with Gasteiger partial charge in [0.1, 0.15) is 0 Å². The Morgan fingerprint density at radius 2 is 2.14 bits per heavy atom. The second kappa shape index (κ2) is 5.78. The van der Waals surface area contributed by atoms with E-state index in [1.165, 1.54) is 12.0 Å². The number of anilines is 1. The average molecular weight is 288 g/mol. The molecule has 1 aromatic rings. The molecular weight excluding hydrogens is 264 g/mol. The van der Waals surface area contributed by atoms with Gasteiger partial charge in [-0.1, -0.05) is 12.1 Å². The van der Waals surface area contributed by atoms with E-state index < -0.39 is 0 Å². The van der Waals surface area contributed by atoms with Crippen LogP contribution in [-0.4, -0.2) is 18.6 Å². The molecule has 0 aromatic heterocycles. The normalized spacial score (nSPS) is 21.7. The zero-order chi connectivity index (χ0) is 14.9. The lowest BCUT2D eigenvalue weighted by Crippen LogP contribution is -2.41. The van der Waals surface area contributed by atoms with Gasteiger partial charge in [-0.15, -0.1) is 0 Å². The van der Waals surface area contributed by atoms with E-state index in [2.05, 4.69) is 11.4 Å². The Labute approximate surface area is 126 Å². The van der Waals surface area contributed by atoms with Crippen LogP contribution in [0.2, 0.25) is 0 Å². The fourth-order valence-electron chi connectivity index (χ4n) is 3.41. The standard InChI is InChI=1S/C17H24N2O2/c1-21-17(8-3-9-17)11-14(18)12-6-7-15-13(10-12)4-2-5-16(20)19-15/h6-7,10,14H,2-5,8-9,11,18H2,1H3,(H,19,20). The van der Waals surface area contributed by atoms with Crippen molar-refractivity contribution in [2.24, 2.45) is 5.73 Å². The molecule has 4 heteroatoms. The van der Waals surface area contributed by atoms with Gasteiger partial charge in [-0.3, -0.25) is 4.79 Å². The van der Waals surface area contributed by atoms with Crippen molar-refractivity contribution in [1.29, 1.82) is 0 Å². The number of aryl methyl sites for hydroxylation is 1. The highest BCUT2D eigenvalue weighted by Crippen LogP contribution is 2.41. The van der Waals surface area contributed by atoms with Crippen LogP contribution in [0.4, 0.5) is 5.69 Å². The number of hydrogen-bond acceptors (Lipinski definition) is 3. The second-order valence-electron chi connectivity index (χ2n) is 6.37. The molecule has 1 fully saturated rings. The van der Waals surface area contributed by atoms with Crippen molar-refractivity contribution in [3.63, 3.8) is 0 Å². The Bertz CT molecular complexity index is 532. The fraction of sp³-hybridized carbons (Fsp3) is 0.588. The van der Waals surface area contributed by atoms with Crippen LogP contribution in [0.5, 0.6) is 0 Å². The summed E-state index contributed by atoms with van der Waals surface area (Å²) >= 11 is 0. The number of methoxy groups -OCH3 is 1. The highest BCUT2D eigenvalue weighted by molar-refractivity contribution is 5.92. The van der Waals surface area contributed by atoms with Crippen molar-refractivity contribution in [3.8, 4) is 0 Å². The summed E-state index contributed by atoms with van der Waals surface area (Å²) in [6, 6.07) is 6.19. The van der Waals surface area contributed by atoms with Gasteiger partial charge in [-0.05, 0) is 55.7 Å². The smallest absolute Gasteiger partial charge is 0.224 e. The number of rotatable bonds is 4. The van der Waals surface area contributed by atoms with Gasteiger partial charge in [0.05, 0.1) is 5.60 Å². The van der Waals surface area contributed by atoms with E-state index in [-0.39, 0.29) is 17.6 Å². The molecule has 2 aliphatic rings. The van der Waals surface area contributed by atoms with Gasteiger partial charge in [0.15, 0.2) is 0 Å². The third-order valence-corrected chi connectivity index (χ3v) is 4.97. The minimum absolute atomic E-state index is 0.00509. The summed E-state index contributed by atoms with van der Waals surface area (Å²) in [5.41, 5.74) is 9.68. The molecule has 0 radical (unpaired) electrons. The number of nitrogens with one attached hydrogen (secondary N) is 1.